The Hall–Kier alpha value is -1.61. The molecule has 6 nitrogen and oxygen atoms in total. The maximum atomic E-state index is 11.7. The summed E-state index contributed by atoms with van der Waals surface area (Å²) < 4.78 is 0. The van der Waals surface area contributed by atoms with Gasteiger partial charge in [-0.2, -0.15) is 5.26 Å². The van der Waals surface area contributed by atoms with E-state index in [-0.39, 0.29) is 6.54 Å². The summed E-state index contributed by atoms with van der Waals surface area (Å²) in [5.74, 6) is -1.38. The van der Waals surface area contributed by atoms with Crippen molar-refractivity contribution in [3.8, 4) is 6.07 Å². The Morgan fingerprint density at radius 3 is 2.82 bits per heavy atom. The number of carbonyl (C=O) groups is 2. The number of hydrogen-bond donors (Lipinski definition) is 2. The Kier molecular flexibility index (Phi) is 4.46. The zero-order chi connectivity index (χ0) is 12.9. The molecule has 0 spiro atoms. The number of likely N-dealkylation sites (tertiary alicyclic amines) is 1. The maximum absolute atomic E-state index is 11.7. The third-order valence-electron chi connectivity index (χ3n) is 2.87. The fraction of sp³-hybridized carbons (Fsp3) is 0.727. The van der Waals surface area contributed by atoms with Crippen LogP contribution in [0.25, 0.3) is 0 Å². The predicted molar refractivity (Wildman–Crippen MR) is 59.7 cm³/mol. The topological polar surface area (TPSA) is 93.4 Å². The van der Waals surface area contributed by atoms with E-state index >= 15 is 0 Å². The second kappa shape index (κ2) is 5.64. The highest BCUT2D eigenvalue weighted by atomic mass is 16.3. The lowest BCUT2D eigenvalue weighted by Crippen LogP contribution is -2.43. The molecule has 0 bridgehead atoms. The highest BCUT2D eigenvalue weighted by Crippen LogP contribution is 2.21. The lowest BCUT2D eigenvalue weighted by Gasteiger charge is -2.21. The van der Waals surface area contributed by atoms with Crippen molar-refractivity contribution in [3.05, 3.63) is 0 Å². The van der Waals surface area contributed by atoms with Gasteiger partial charge in [0, 0.05) is 13.1 Å². The highest BCUT2D eigenvalue weighted by Gasteiger charge is 2.29. The van der Waals surface area contributed by atoms with Gasteiger partial charge < -0.3 is 15.3 Å². The Morgan fingerprint density at radius 1 is 1.47 bits per heavy atom. The molecule has 17 heavy (non-hydrogen) atoms. The highest BCUT2D eigenvalue weighted by molar-refractivity contribution is 6.35. The van der Waals surface area contributed by atoms with Gasteiger partial charge in [-0.1, -0.05) is 0 Å². The number of aliphatic hydroxyl groups is 1. The van der Waals surface area contributed by atoms with Gasteiger partial charge in [-0.15, -0.1) is 0 Å². The summed E-state index contributed by atoms with van der Waals surface area (Å²) >= 11 is 0. The van der Waals surface area contributed by atoms with E-state index in [2.05, 4.69) is 5.32 Å². The quantitative estimate of drug-likeness (QED) is 0.471. The Labute approximate surface area is 100 Å². The van der Waals surface area contributed by atoms with E-state index in [4.69, 9.17) is 5.26 Å². The minimum atomic E-state index is -0.766. The first-order valence-corrected chi connectivity index (χ1v) is 5.63. The molecule has 2 amide bonds. The van der Waals surface area contributed by atoms with Crippen LogP contribution in [0.3, 0.4) is 0 Å². The van der Waals surface area contributed by atoms with E-state index in [0.29, 0.717) is 32.4 Å². The van der Waals surface area contributed by atoms with Crippen LogP contribution in [0.4, 0.5) is 0 Å². The molecule has 1 fully saturated rings. The number of nitrogens with one attached hydrogen (secondary N) is 1. The third kappa shape index (κ3) is 4.04. The summed E-state index contributed by atoms with van der Waals surface area (Å²) in [4.78, 5) is 24.5. The Morgan fingerprint density at radius 2 is 2.18 bits per heavy atom. The van der Waals surface area contributed by atoms with E-state index in [9.17, 15) is 14.7 Å². The van der Waals surface area contributed by atoms with Crippen molar-refractivity contribution in [2.45, 2.75) is 31.8 Å². The third-order valence-corrected chi connectivity index (χ3v) is 2.87. The van der Waals surface area contributed by atoms with Crippen LogP contribution in [0.2, 0.25) is 0 Å². The molecule has 0 radical (unpaired) electrons. The van der Waals surface area contributed by atoms with E-state index in [1.54, 1.807) is 13.0 Å². The van der Waals surface area contributed by atoms with Crippen molar-refractivity contribution < 1.29 is 14.7 Å². The summed E-state index contributed by atoms with van der Waals surface area (Å²) in [5, 5.41) is 20.4. The first-order chi connectivity index (χ1) is 7.96. The zero-order valence-corrected chi connectivity index (χ0v) is 9.90. The van der Waals surface area contributed by atoms with Gasteiger partial charge in [0.2, 0.25) is 0 Å². The molecule has 94 valence electrons. The molecule has 6 heteroatoms. The van der Waals surface area contributed by atoms with Gasteiger partial charge in [-0.25, -0.2) is 0 Å². The minimum absolute atomic E-state index is 0.171. The maximum Gasteiger partial charge on any atom is 0.311 e. The average molecular weight is 239 g/mol. The van der Waals surface area contributed by atoms with Crippen LogP contribution < -0.4 is 5.32 Å². The van der Waals surface area contributed by atoms with Gasteiger partial charge in [0.15, 0.2) is 0 Å². The number of nitrogens with zero attached hydrogens (tertiary/aromatic N) is 2. The second-order valence-corrected chi connectivity index (χ2v) is 4.48. The van der Waals surface area contributed by atoms with Crippen molar-refractivity contribution in [3.63, 3.8) is 0 Å². The van der Waals surface area contributed by atoms with Crippen LogP contribution in [-0.4, -0.2) is 47.1 Å². The van der Waals surface area contributed by atoms with Crippen LogP contribution in [-0.2, 0) is 9.59 Å². The first-order valence-electron chi connectivity index (χ1n) is 5.63. The van der Waals surface area contributed by atoms with Crippen molar-refractivity contribution in [1.82, 2.24) is 10.2 Å². The molecule has 1 saturated heterocycles. The lowest BCUT2D eigenvalue weighted by molar-refractivity contribution is -0.145. The molecule has 2 N–H and O–H groups in total. The number of hydrogen-bond acceptors (Lipinski definition) is 4. The van der Waals surface area contributed by atoms with Gasteiger partial charge in [-0.3, -0.25) is 9.59 Å². The molecular formula is C11H17N3O3. The summed E-state index contributed by atoms with van der Waals surface area (Å²) in [7, 11) is 0. The van der Waals surface area contributed by atoms with Gasteiger partial charge in [0.1, 0.15) is 6.54 Å². The monoisotopic (exact) mass is 239 g/mol. The molecule has 1 unspecified atom stereocenters. The van der Waals surface area contributed by atoms with Crippen LogP contribution in [0.1, 0.15) is 26.2 Å². The molecule has 1 aliphatic heterocycles. The van der Waals surface area contributed by atoms with Crippen LogP contribution in [0.5, 0.6) is 0 Å². The summed E-state index contributed by atoms with van der Waals surface area (Å²) in [6.45, 7) is 2.40. The molecule has 1 rings (SSSR count). The largest absolute Gasteiger partial charge is 0.390 e. The standard InChI is InChI=1S/C11H17N3O3/c1-11(17)3-2-7-14(8-4-11)10(16)9(15)13-6-5-12/h17H,2-4,6-8H2,1H3,(H,13,15). The smallest absolute Gasteiger partial charge is 0.311 e. The van der Waals surface area contributed by atoms with Gasteiger partial charge in [0.05, 0.1) is 11.7 Å². The van der Waals surface area contributed by atoms with Crippen LogP contribution in [0.15, 0.2) is 0 Å². The van der Waals surface area contributed by atoms with E-state index in [1.807, 2.05) is 0 Å². The van der Waals surface area contributed by atoms with Gasteiger partial charge in [-0.05, 0) is 26.2 Å². The minimum Gasteiger partial charge on any atom is -0.390 e. The molecule has 1 atom stereocenters. The fourth-order valence-electron chi connectivity index (χ4n) is 1.81. The fourth-order valence-corrected chi connectivity index (χ4v) is 1.81. The molecule has 0 aliphatic carbocycles. The van der Waals surface area contributed by atoms with Crippen LogP contribution >= 0.6 is 0 Å². The molecule has 1 aliphatic rings. The summed E-state index contributed by atoms with van der Waals surface area (Å²) in [6, 6.07) is 1.74. The van der Waals surface area contributed by atoms with E-state index in [0.717, 1.165) is 0 Å². The number of amides is 2. The molecular weight excluding hydrogens is 222 g/mol. The summed E-state index contributed by atoms with van der Waals surface area (Å²) in [6.07, 6.45) is 1.76. The number of rotatable bonds is 1. The van der Waals surface area contributed by atoms with Gasteiger partial charge in [0.25, 0.3) is 0 Å². The predicted octanol–water partition coefficient (Wildman–Crippen LogP) is -0.610. The van der Waals surface area contributed by atoms with Crippen molar-refractivity contribution in [2.75, 3.05) is 19.6 Å². The van der Waals surface area contributed by atoms with Crippen molar-refractivity contribution in [1.29, 1.82) is 5.26 Å². The lowest BCUT2D eigenvalue weighted by atomic mass is 9.98. The molecule has 0 saturated carbocycles. The summed E-state index contributed by atoms with van der Waals surface area (Å²) in [5.41, 5.74) is -0.766. The number of carbonyl (C=O) groups excluding carboxylic acids is 2. The van der Waals surface area contributed by atoms with E-state index < -0.39 is 17.4 Å². The average Bonchev–Trinajstić information content (AvgIpc) is 2.46. The number of nitriles is 1. The van der Waals surface area contributed by atoms with E-state index in [1.165, 1.54) is 4.90 Å². The first kappa shape index (κ1) is 13.5. The Bertz CT molecular complexity index is 346. The SMILES string of the molecule is CC1(O)CCCN(C(=O)C(=O)NCC#N)CC1. The molecule has 0 aromatic rings. The Balaban J connectivity index is 2.53. The normalized spacial score (nSPS) is 24.6. The molecule has 1 heterocycles. The second-order valence-electron chi connectivity index (χ2n) is 4.48. The van der Waals surface area contributed by atoms with Crippen molar-refractivity contribution in [2.24, 2.45) is 0 Å². The molecule has 0 aromatic carbocycles. The van der Waals surface area contributed by atoms with Crippen molar-refractivity contribution >= 4 is 11.8 Å². The van der Waals surface area contributed by atoms with Crippen LogP contribution in [0, 0.1) is 11.3 Å². The molecule has 0 aromatic heterocycles. The van der Waals surface area contributed by atoms with Gasteiger partial charge >= 0.3 is 11.8 Å². The zero-order valence-electron chi connectivity index (χ0n) is 9.90.